The third-order valence-corrected chi connectivity index (χ3v) is 4.77. The van der Waals surface area contributed by atoms with Gasteiger partial charge in [-0.3, -0.25) is 9.78 Å². The molecule has 138 valence electrons. The number of carbonyl (C=O) groups excluding carboxylic acids is 1. The van der Waals surface area contributed by atoms with Gasteiger partial charge in [-0.2, -0.15) is 0 Å². The first-order valence-electron chi connectivity index (χ1n) is 9.07. The molecule has 1 aromatic carbocycles. The number of aryl methyl sites for hydroxylation is 1. The predicted octanol–water partition coefficient (Wildman–Crippen LogP) is 2.59. The van der Waals surface area contributed by atoms with Crippen LogP contribution in [-0.2, 0) is 0 Å². The van der Waals surface area contributed by atoms with Crippen LogP contribution >= 0.6 is 0 Å². The smallest absolute Gasteiger partial charge is 0.253 e. The highest BCUT2D eigenvalue weighted by Crippen LogP contribution is 2.24. The van der Waals surface area contributed by atoms with E-state index in [2.05, 4.69) is 4.98 Å². The first-order chi connectivity index (χ1) is 12.4. The van der Waals surface area contributed by atoms with Crippen LogP contribution in [0.2, 0.25) is 0 Å². The maximum atomic E-state index is 12.9. The van der Waals surface area contributed by atoms with E-state index < -0.39 is 5.60 Å². The van der Waals surface area contributed by atoms with Crippen LogP contribution in [0.4, 0.5) is 0 Å². The van der Waals surface area contributed by atoms with E-state index in [1.165, 1.54) is 0 Å². The molecule has 5 nitrogen and oxygen atoms in total. The van der Waals surface area contributed by atoms with Gasteiger partial charge >= 0.3 is 0 Å². The molecule has 3 rings (SSSR count). The molecule has 0 bridgehead atoms. The molecule has 1 atom stereocenters. The van der Waals surface area contributed by atoms with Crippen LogP contribution in [0.15, 0.2) is 42.5 Å². The van der Waals surface area contributed by atoms with E-state index >= 15 is 0 Å². The Morgan fingerprint density at radius 1 is 1.23 bits per heavy atom. The van der Waals surface area contributed by atoms with Gasteiger partial charge in [0.1, 0.15) is 0 Å². The molecule has 0 spiro atoms. The Hall–Kier alpha value is -2.24. The topological polar surface area (TPSA) is 56.7 Å². The molecule has 1 N–H and O–H groups in total. The molecule has 26 heavy (non-hydrogen) atoms. The van der Waals surface area contributed by atoms with Gasteiger partial charge in [0, 0.05) is 29.9 Å². The SMILES string of the molecule is Cc1cccc(-c2ccc(C(=O)N3CCC[C@](O)(CN(C)C)C3)cc2)n1. The van der Waals surface area contributed by atoms with E-state index in [0.717, 1.165) is 29.8 Å². The molecular weight excluding hydrogens is 326 g/mol. The van der Waals surface area contributed by atoms with Gasteiger partial charge in [0.25, 0.3) is 5.91 Å². The van der Waals surface area contributed by atoms with Gasteiger partial charge < -0.3 is 14.9 Å². The Labute approximate surface area is 155 Å². The highest BCUT2D eigenvalue weighted by Gasteiger charge is 2.35. The number of carbonyl (C=O) groups is 1. The van der Waals surface area contributed by atoms with Gasteiger partial charge in [-0.1, -0.05) is 18.2 Å². The number of amides is 1. The first-order valence-corrected chi connectivity index (χ1v) is 9.07. The lowest BCUT2D eigenvalue weighted by molar-refractivity contribution is -0.0391. The largest absolute Gasteiger partial charge is 0.387 e. The summed E-state index contributed by atoms with van der Waals surface area (Å²) in [6.45, 7) is 3.60. The number of hydrogen-bond acceptors (Lipinski definition) is 4. The normalized spacial score (nSPS) is 20.4. The van der Waals surface area contributed by atoms with Crippen LogP contribution in [0.5, 0.6) is 0 Å². The van der Waals surface area contributed by atoms with Crippen molar-refractivity contribution in [2.45, 2.75) is 25.4 Å². The molecule has 0 saturated carbocycles. The van der Waals surface area contributed by atoms with Crippen LogP contribution in [-0.4, -0.2) is 65.1 Å². The molecule has 1 aliphatic heterocycles. The summed E-state index contributed by atoms with van der Waals surface area (Å²) in [5.41, 5.74) is 2.69. The molecule has 0 aliphatic carbocycles. The molecule has 2 heterocycles. The van der Waals surface area contributed by atoms with E-state index in [1.807, 2.05) is 68.4 Å². The molecule has 5 heteroatoms. The summed E-state index contributed by atoms with van der Waals surface area (Å²) < 4.78 is 0. The highest BCUT2D eigenvalue weighted by molar-refractivity contribution is 5.94. The van der Waals surface area contributed by atoms with Crippen molar-refractivity contribution in [1.29, 1.82) is 0 Å². The Balaban J connectivity index is 1.73. The summed E-state index contributed by atoms with van der Waals surface area (Å²) in [7, 11) is 3.88. The third kappa shape index (κ3) is 4.29. The second kappa shape index (κ2) is 7.56. The average Bonchev–Trinajstić information content (AvgIpc) is 2.60. The molecule has 1 amide bonds. The minimum atomic E-state index is -0.831. The van der Waals surface area contributed by atoms with Crippen LogP contribution in [0.3, 0.4) is 0 Å². The van der Waals surface area contributed by atoms with Crippen LogP contribution in [0.1, 0.15) is 28.9 Å². The van der Waals surface area contributed by atoms with Crippen LogP contribution < -0.4 is 0 Å². The lowest BCUT2D eigenvalue weighted by Crippen LogP contribution is -2.54. The van der Waals surface area contributed by atoms with Crippen molar-refractivity contribution in [2.75, 3.05) is 33.7 Å². The lowest BCUT2D eigenvalue weighted by Gasteiger charge is -2.40. The van der Waals surface area contributed by atoms with Gasteiger partial charge in [0.2, 0.25) is 0 Å². The number of aliphatic hydroxyl groups is 1. The van der Waals surface area contributed by atoms with Gasteiger partial charge in [0.15, 0.2) is 0 Å². The Morgan fingerprint density at radius 2 is 1.96 bits per heavy atom. The number of likely N-dealkylation sites (tertiary alicyclic amines) is 1. The predicted molar refractivity (Wildman–Crippen MR) is 103 cm³/mol. The standard InChI is InChI=1S/C21H27N3O2/c1-16-6-4-7-19(22-16)17-8-10-18(11-9-17)20(25)24-13-5-12-21(26,15-24)14-23(2)3/h4,6-11,26H,5,12-15H2,1-3H3/t21-/m0/s1. The van der Waals surface area contributed by atoms with Crippen molar-refractivity contribution in [3.05, 3.63) is 53.7 Å². The fourth-order valence-electron chi connectivity index (χ4n) is 3.67. The molecule has 1 aliphatic rings. The summed E-state index contributed by atoms with van der Waals surface area (Å²) in [5, 5.41) is 10.8. The second-order valence-electron chi connectivity index (χ2n) is 7.53. The summed E-state index contributed by atoms with van der Waals surface area (Å²) in [4.78, 5) is 21.1. The molecule has 0 unspecified atom stereocenters. The molecule has 0 radical (unpaired) electrons. The van der Waals surface area contributed by atoms with E-state index in [9.17, 15) is 9.90 Å². The zero-order valence-corrected chi connectivity index (χ0v) is 15.8. The first kappa shape index (κ1) is 18.5. The number of benzene rings is 1. The number of pyridine rings is 1. The van der Waals surface area contributed by atoms with Crippen molar-refractivity contribution in [1.82, 2.24) is 14.8 Å². The van der Waals surface area contributed by atoms with Gasteiger partial charge in [-0.05, 0) is 58.1 Å². The molecule has 1 aromatic heterocycles. The van der Waals surface area contributed by atoms with E-state index in [1.54, 1.807) is 4.90 Å². The molecule has 1 fully saturated rings. The number of piperidine rings is 1. The quantitative estimate of drug-likeness (QED) is 0.918. The van der Waals surface area contributed by atoms with Crippen molar-refractivity contribution < 1.29 is 9.90 Å². The number of rotatable bonds is 4. The third-order valence-electron chi connectivity index (χ3n) is 4.77. The van der Waals surface area contributed by atoms with E-state index in [0.29, 0.717) is 25.2 Å². The Bertz CT molecular complexity index is 773. The number of likely N-dealkylation sites (N-methyl/N-ethyl adjacent to an activating group) is 1. The summed E-state index contributed by atoms with van der Waals surface area (Å²) in [6.07, 6.45) is 1.55. The summed E-state index contributed by atoms with van der Waals surface area (Å²) in [5.74, 6) is -0.0226. The van der Waals surface area contributed by atoms with Gasteiger partial charge in [-0.25, -0.2) is 0 Å². The second-order valence-corrected chi connectivity index (χ2v) is 7.53. The maximum absolute atomic E-state index is 12.9. The van der Waals surface area contributed by atoms with Gasteiger partial charge in [0.05, 0.1) is 17.8 Å². The van der Waals surface area contributed by atoms with Crippen molar-refractivity contribution in [3.8, 4) is 11.3 Å². The maximum Gasteiger partial charge on any atom is 0.253 e. The van der Waals surface area contributed by atoms with Gasteiger partial charge in [-0.15, -0.1) is 0 Å². The number of β-amino-alcohol motifs (C(OH)–C–C–N with tert-alkyl or cyclic N) is 1. The Morgan fingerprint density at radius 3 is 2.62 bits per heavy atom. The number of aromatic nitrogens is 1. The number of nitrogens with zero attached hydrogens (tertiary/aromatic N) is 3. The minimum absolute atomic E-state index is 0.0226. The molecular formula is C21H27N3O2. The zero-order chi connectivity index (χ0) is 18.7. The average molecular weight is 353 g/mol. The fourth-order valence-corrected chi connectivity index (χ4v) is 3.67. The number of hydrogen-bond donors (Lipinski definition) is 1. The highest BCUT2D eigenvalue weighted by atomic mass is 16.3. The molecule has 2 aromatic rings. The minimum Gasteiger partial charge on any atom is -0.387 e. The monoisotopic (exact) mass is 353 g/mol. The molecule has 1 saturated heterocycles. The summed E-state index contributed by atoms with van der Waals surface area (Å²) in [6, 6.07) is 13.5. The Kier molecular flexibility index (Phi) is 5.39. The van der Waals surface area contributed by atoms with Crippen LogP contribution in [0, 0.1) is 6.92 Å². The van der Waals surface area contributed by atoms with Crippen molar-refractivity contribution in [2.24, 2.45) is 0 Å². The summed E-state index contributed by atoms with van der Waals surface area (Å²) >= 11 is 0. The fraction of sp³-hybridized carbons (Fsp3) is 0.429. The van der Waals surface area contributed by atoms with E-state index in [-0.39, 0.29) is 5.91 Å². The lowest BCUT2D eigenvalue weighted by atomic mass is 9.92. The van der Waals surface area contributed by atoms with Crippen LogP contribution in [0.25, 0.3) is 11.3 Å². The van der Waals surface area contributed by atoms with Crippen molar-refractivity contribution >= 4 is 5.91 Å². The van der Waals surface area contributed by atoms with E-state index in [4.69, 9.17) is 0 Å². The zero-order valence-electron chi connectivity index (χ0n) is 15.8. The van der Waals surface area contributed by atoms with Crippen molar-refractivity contribution in [3.63, 3.8) is 0 Å².